The molecule has 1 aromatic carbocycles. The van der Waals surface area contributed by atoms with Crippen LogP contribution in [0.1, 0.15) is 65.2 Å². The summed E-state index contributed by atoms with van der Waals surface area (Å²) in [7, 11) is 0. The molecule has 1 aliphatic rings. The van der Waals surface area contributed by atoms with Crippen LogP contribution in [-0.4, -0.2) is 47.7 Å². The van der Waals surface area contributed by atoms with Crippen LogP contribution in [0.15, 0.2) is 36.9 Å². The molecule has 1 fully saturated rings. The van der Waals surface area contributed by atoms with Crippen LogP contribution in [0.2, 0.25) is 0 Å². The molecule has 0 aliphatic carbocycles. The number of likely N-dealkylation sites (tertiary alicyclic amines) is 1. The number of hydrogen-bond donors (Lipinski definition) is 2. The van der Waals surface area contributed by atoms with Gasteiger partial charge in [-0.25, -0.2) is 4.79 Å². The maximum absolute atomic E-state index is 13.2. The van der Waals surface area contributed by atoms with E-state index >= 15 is 0 Å². The predicted molar refractivity (Wildman–Crippen MR) is 141 cm³/mol. The molecule has 1 aliphatic heterocycles. The zero-order chi connectivity index (χ0) is 24.9. The fourth-order valence-corrected chi connectivity index (χ4v) is 5.23. The molecule has 3 rings (SSSR count). The van der Waals surface area contributed by atoms with Crippen molar-refractivity contribution in [1.29, 1.82) is 0 Å². The highest BCUT2D eigenvalue weighted by Gasteiger charge is 2.31. The van der Waals surface area contributed by atoms with Crippen molar-refractivity contribution in [3.8, 4) is 0 Å². The number of benzene rings is 1. The first-order chi connectivity index (χ1) is 16.0. The lowest BCUT2D eigenvalue weighted by molar-refractivity contribution is -0.123. The van der Waals surface area contributed by atoms with Gasteiger partial charge in [0.1, 0.15) is 11.6 Å². The van der Waals surface area contributed by atoms with Gasteiger partial charge in [-0.2, -0.15) is 0 Å². The van der Waals surface area contributed by atoms with Gasteiger partial charge in [-0.15, -0.1) is 11.3 Å². The minimum absolute atomic E-state index is 0.0574. The number of carbonyl (C=O) groups is 2. The molecule has 1 unspecified atom stereocenters. The topological polar surface area (TPSA) is 70.7 Å². The second-order valence-electron chi connectivity index (χ2n) is 10.5. The van der Waals surface area contributed by atoms with Crippen LogP contribution in [0.5, 0.6) is 0 Å². The Labute approximate surface area is 207 Å². The zero-order valence-corrected chi connectivity index (χ0v) is 22.0. The molecule has 34 heavy (non-hydrogen) atoms. The van der Waals surface area contributed by atoms with Crippen molar-refractivity contribution in [2.75, 3.05) is 13.1 Å². The van der Waals surface area contributed by atoms with Gasteiger partial charge in [-0.3, -0.25) is 4.79 Å². The van der Waals surface area contributed by atoms with Crippen LogP contribution in [-0.2, 0) is 9.53 Å². The summed E-state index contributed by atoms with van der Waals surface area (Å²) in [6, 6.07) is 9.89. The number of fused-ring (bicyclic) bond motifs is 1. The number of hydrogen-bond acceptors (Lipinski definition) is 5. The summed E-state index contributed by atoms with van der Waals surface area (Å²) in [5.41, 5.74) is 0.219. The van der Waals surface area contributed by atoms with E-state index < -0.39 is 11.6 Å². The smallest absolute Gasteiger partial charge is 0.410 e. The van der Waals surface area contributed by atoms with Crippen LogP contribution in [0.3, 0.4) is 0 Å². The molecule has 2 aromatic rings. The van der Waals surface area contributed by atoms with Crippen molar-refractivity contribution in [3.63, 3.8) is 0 Å². The van der Waals surface area contributed by atoms with Crippen LogP contribution in [0, 0.1) is 5.92 Å². The minimum Gasteiger partial charge on any atom is -0.444 e. The quantitative estimate of drug-likeness (QED) is 0.497. The summed E-state index contributed by atoms with van der Waals surface area (Å²) in [6.07, 6.45) is 3.24. The van der Waals surface area contributed by atoms with Gasteiger partial charge in [0.05, 0.1) is 10.9 Å². The van der Waals surface area contributed by atoms with E-state index in [-0.39, 0.29) is 18.0 Å². The summed E-state index contributed by atoms with van der Waals surface area (Å²) in [5, 5.41) is 7.65. The van der Waals surface area contributed by atoms with E-state index in [1.54, 1.807) is 16.2 Å². The molecular weight excluding hydrogens is 446 g/mol. The molecule has 7 heteroatoms. The lowest BCUT2D eigenvalue weighted by atomic mass is 10.0. The van der Waals surface area contributed by atoms with Gasteiger partial charge in [-0.1, -0.05) is 38.6 Å². The third-order valence-electron chi connectivity index (χ3n) is 5.86. The van der Waals surface area contributed by atoms with E-state index in [9.17, 15) is 9.59 Å². The van der Waals surface area contributed by atoms with Crippen molar-refractivity contribution in [2.24, 2.45) is 5.92 Å². The number of amides is 2. The highest BCUT2D eigenvalue weighted by atomic mass is 32.1. The van der Waals surface area contributed by atoms with E-state index in [1.165, 1.54) is 10.1 Å². The van der Waals surface area contributed by atoms with E-state index in [2.05, 4.69) is 49.3 Å². The fraction of sp³-hybridized carbons (Fsp3) is 0.556. The van der Waals surface area contributed by atoms with Gasteiger partial charge in [0.2, 0.25) is 5.91 Å². The Balaban J connectivity index is 1.63. The molecule has 1 aromatic heterocycles. The number of rotatable bonds is 8. The Morgan fingerprint density at radius 1 is 1.24 bits per heavy atom. The first-order valence-corrected chi connectivity index (χ1v) is 13.1. The van der Waals surface area contributed by atoms with Gasteiger partial charge in [0.15, 0.2) is 0 Å². The van der Waals surface area contributed by atoms with E-state index in [0.717, 1.165) is 29.8 Å². The second kappa shape index (κ2) is 11.3. The maximum Gasteiger partial charge on any atom is 0.410 e. The lowest BCUT2D eigenvalue weighted by Crippen LogP contribution is -2.53. The first-order valence-electron chi connectivity index (χ1n) is 12.2. The lowest BCUT2D eigenvalue weighted by Gasteiger charge is -2.37. The largest absolute Gasteiger partial charge is 0.444 e. The van der Waals surface area contributed by atoms with E-state index in [0.29, 0.717) is 25.4 Å². The van der Waals surface area contributed by atoms with Gasteiger partial charge in [0.25, 0.3) is 0 Å². The zero-order valence-electron chi connectivity index (χ0n) is 21.1. The molecule has 2 N–H and O–H groups in total. The standard InChI is InChI=1S/C27H39N3O3S/c1-18(2)15-22(29-19(3)24-16-20-11-7-8-13-23(20)34-24)25(31)28-17-21-12-9-10-14-30(21)26(32)33-27(4,5)6/h7-8,11,13,16,18,21-22,29H,3,9-10,12,14-15,17H2,1-2,4-6H3,(H,28,31)/t21?,22-/m0/s1. The Bertz CT molecular complexity index is 975. The number of ether oxygens (including phenoxy) is 1. The average molecular weight is 486 g/mol. The molecule has 6 nitrogen and oxygen atoms in total. The number of thiophene rings is 1. The Morgan fingerprint density at radius 2 is 1.97 bits per heavy atom. The normalized spacial score (nSPS) is 17.5. The summed E-state index contributed by atoms with van der Waals surface area (Å²) >= 11 is 1.67. The second-order valence-corrected chi connectivity index (χ2v) is 11.6. The van der Waals surface area contributed by atoms with Crippen LogP contribution in [0.4, 0.5) is 4.79 Å². The number of piperidine rings is 1. The summed E-state index contributed by atoms with van der Waals surface area (Å²) in [5.74, 6) is 0.275. The molecular formula is C27H39N3O3S. The predicted octanol–water partition coefficient (Wildman–Crippen LogP) is 5.78. The van der Waals surface area contributed by atoms with Gasteiger partial charge in [0, 0.05) is 23.5 Å². The number of nitrogens with one attached hydrogen (secondary N) is 2. The highest BCUT2D eigenvalue weighted by molar-refractivity contribution is 7.20. The molecule has 0 spiro atoms. The monoisotopic (exact) mass is 485 g/mol. The minimum atomic E-state index is -0.540. The number of carbonyl (C=O) groups excluding carboxylic acids is 2. The Morgan fingerprint density at radius 3 is 2.65 bits per heavy atom. The molecule has 2 heterocycles. The molecule has 0 saturated carbocycles. The third kappa shape index (κ3) is 7.23. The molecule has 0 bridgehead atoms. The van der Waals surface area contributed by atoms with Crippen LogP contribution >= 0.6 is 11.3 Å². The summed E-state index contributed by atoms with van der Waals surface area (Å²) in [6.45, 7) is 15.1. The Hall–Kier alpha value is -2.54. The fourth-order valence-electron chi connectivity index (χ4n) is 4.23. The van der Waals surface area contributed by atoms with Crippen molar-refractivity contribution in [1.82, 2.24) is 15.5 Å². The number of nitrogens with zero attached hydrogens (tertiary/aromatic N) is 1. The van der Waals surface area contributed by atoms with E-state index in [4.69, 9.17) is 4.74 Å². The molecule has 1 saturated heterocycles. The van der Waals surface area contributed by atoms with Gasteiger partial charge in [-0.05, 0) is 69.9 Å². The van der Waals surface area contributed by atoms with Gasteiger partial charge < -0.3 is 20.3 Å². The van der Waals surface area contributed by atoms with Crippen molar-refractivity contribution < 1.29 is 14.3 Å². The third-order valence-corrected chi connectivity index (χ3v) is 7.04. The summed E-state index contributed by atoms with van der Waals surface area (Å²) < 4.78 is 6.79. The van der Waals surface area contributed by atoms with E-state index in [1.807, 2.05) is 32.9 Å². The van der Waals surface area contributed by atoms with Crippen LogP contribution < -0.4 is 10.6 Å². The van der Waals surface area contributed by atoms with Gasteiger partial charge >= 0.3 is 6.09 Å². The molecule has 0 radical (unpaired) electrons. The maximum atomic E-state index is 13.2. The molecule has 2 atom stereocenters. The van der Waals surface area contributed by atoms with Crippen molar-refractivity contribution in [3.05, 3.63) is 41.8 Å². The molecule has 2 amide bonds. The van der Waals surface area contributed by atoms with Crippen molar-refractivity contribution >= 4 is 39.1 Å². The average Bonchev–Trinajstić information content (AvgIpc) is 3.20. The SMILES string of the molecule is C=C(N[C@@H](CC(C)C)C(=O)NCC1CCCCN1C(=O)OC(C)(C)C)c1cc2ccccc2s1. The van der Waals surface area contributed by atoms with Crippen LogP contribution in [0.25, 0.3) is 15.8 Å². The molecule has 186 valence electrons. The highest BCUT2D eigenvalue weighted by Crippen LogP contribution is 2.29. The summed E-state index contributed by atoms with van der Waals surface area (Å²) in [4.78, 5) is 28.7. The Kier molecular flexibility index (Phi) is 8.63. The van der Waals surface area contributed by atoms with Crippen molar-refractivity contribution in [2.45, 2.75) is 78.0 Å². The first kappa shape index (κ1) is 26.1.